The minimum absolute atomic E-state index is 0.184. The molecule has 1 aliphatic heterocycles. The van der Waals surface area contributed by atoms with E-state index in [9.17, 15) is 4.79 Å². The maximum atomic E-state index is 11.8. The lowest BCUT2D eigenvalue weighted by Crippen LogP contribution is -2.49. The Morgan fingerprint density at radius 2 is 2.07 bits per heavy atom. The van der Waals surface area contributed by atoms with E-state index in [2.05, 4.69) is 0 Å². The van der Waals surface area contributed by atoms with E-state index in [1.165, 1.54) is 0 Å². The van der Waals surface area contributed by atoms with Crippen LogP contribution in [0, 0.1) is 0 Å². The molecule has 0 saturated carbocycles. The van der Waals surface area contributed by atoms with Gasteiger partial charge in [0.2, 0.25) is 0 Å². The minimum atomic E-state index is -0.420. The smallest absolute Gasteiger partial charge is 0.410 e. The Morgan fingerprint density at radius 1 is 1.47 bits per heavy atom. The zero-order chi connectivity index (χ0) is 11.6. The average Bonchev–Trinajstić information content (AvgIpc) is 1.99. The number of likely N-dealkylation sites (tertiary alicyclic amines) is 1. The van der Waals surface area contributed by atoms with Crippen molar-refractivity contribution < 1.29 is 9.53 Å². The third kappa shape index (κ3) is 3.70. The second-order valence-electron chi connectivity index (χ2n) is 5.31. The van der Waals surface area contributed by atoms with Gasteiger partial charge in [-0.15, -0.1) is 0 Å². The molecule has 0 aliphatic carbocycles. The third-order valence-electron chi connectivity index (χ3n) is 2.54. The van der Waals surface area contributed by atoms with E-state index >= 15 is 0 Å². The summed E-state index contributed by atoms with van der Waals surface area (Å²) in [5, 5.41) is 0. The highest BCUT2D eigenvalue weighted by atomic mass is 16.6. The van der Waals surface area contributed by atoms with Gasteiger partial charge in [0.1, 0.15) is 5.60 Å². The summed E-state index contributed by atoms with van der Waals surface area (Å²) in [7, 11) is 0. The predicted octanol–water partition coefficient (Wildman–Crippen LogP) is 1.73. The molecule has 0 aromatic heterocycles. The molecule has 4 nitrogen and oxygen atoms in total. The van der Waals surface area contributed by atoms with Crippen LogP contribution >= 0.6 is 0 Å². The first-order valence-corrected chi connectivity index (χ1v) is 5.55. The van der Waals surface area contributed by atoms with Crippen LogP contribution in [0.25, 0.3) is 0 Å². The average molecular weight is 214 g/mol. The number of piperidine rings is 1. The molecule has 4 heteroatoms. The van der Waals surface area contributed by atoms with Crippen LogP contribution in [0.5, 0.6) is 0 Å². The van der Waals surface area contributed by atoms with Gasteiger partial charge in [-0.3, -0.25) is 0 Å². The largest absolute Gasteiger partial charge is 0.444 e. The quantitative estimate of drug-likeness (QED) is 0.668. The summed E-state index contributed by atoms with van der Waals surface area (Å²) in [5.74, 6) is 0. The second-order valence-corrected chi connectivity index (χ2v) is 5.31. The lowest BCUT2D eigenvalue weighted by atomic mass is 10.00. The third-order valence-corrected chi connectivity index (χ3v) is 2.54. The molecular formula is C11H22N2O2. The molecule has 1 aliphatic rings. The number of carbonyl (C=O) groups excluding carboxylic acids is 1. The highest BCUT2D eigenvalue weighted by molar-refractivity contribution is 5.68. The van der Waals surface area contributed by atoms with Gasteiger partial charge < -0.3 is 15.4 Å². The van der Waals surface area contributed by atoms with Crippen molar-refractivity contribution in [3.63, 3.8) is 0 Å². The molecule has 0 aromatic carbocycles. The second kappa shape index (κ2) is 4.39. The monoisotopic (exact) mass is 214 g/mol. The van der Waals surface area contributed by atoms with Crippen molar-refractivity contribution in [1.82, 2.24) is 4.90 Å². The first-order chi connectivity index (χ1) is 6.79. The van der Waals surface area contributed by atoms with Crippen molar-refractivity contribution >= 4 is 6.09 Å². The lowest BCUT2D eigenvalue weighted by molar-refractivity contribution is 0.0107. The van der Waals surface area contributed by atoms with Crippen LogP contribution in [-0.2, 0) is 4.74 Å². The molecule has 1 amide bonds. The van der Waals surface area contributed by atoms with E-state index in [1.807, 2.05) is 27.7 Å². The number of nitrogens with zero attached hydrogens (tertiary/aromatic N) is 1. The molecule has 1 fully saturated rings. The number of nitrogens with two attached hydrogens (primary N) is 1. The highest BCUT2D eigenvalue weighted by Crippen LogP contribution is 2.19. The van der Waals surface area contributed by atoms with Crippen molar-refractivity contribution in [3.05, 3.63) is 0 Å². The van der Waals surface area contributed by atoms with Gasteiger partial charge in [-0.2, -0.15) is 0 Å². The fourth-order valence-corrected chi connectivity index (χ4v) is 1.80. The fourth-order valence-electron chi connectivity index (χ4n) is 1.80. The molecule has 0 aromatic rings. The Bertz CT molecular complexity index is 235. The first kappa shape index (κ1) is 12.3. The Kier molecular flexibility index (Phi) is 3.60. The van der Waals surface area contributed by atoms with Crippen molar-refractivity contribution in [3.8, 4) is 0 Å². The zero-order valence-electron chi connectivity index (χ0n) is 10.1. The highest BCUT2D eigenvalue weighted by Gasteiger charge is 2.30. The summed E-state index contributed by atoms with van der Waals surface area (Å²) in [6.45, 7) is 8.36. The van der Waals surface area contributed by atoms with E-state index < -0.39 is 5.60 Å². The van der Waals surface area contributed by atoms with Crippen molar-refractivity contribution in [2.75, 3.05) is 6.54 Å². The van der Waals surface area contributed by atoms with Gasteiger partial charge >= 0.3 is 6.09 Å². The maximum Gasteiger partial charge on any atom is 0.410 e. The molecule has 0 bridgehead atoms. The van der Waals surface area contributed by atoms with Crippen LogP contribution < -0.4 is 5.73 Å². The topological polar surface area (TPSA) is 55.6 Å². The number of hydrogen-bond donors (Lipinski definition) is 1. The SMILES string of the molecule is C[C@@H]1C[C@H](N)CCN1C(=O)OC(C)(C)C. The van der Waals surface area contributed by atoms with Gasteiger partial charge in [0.05, 0.1) is 0 Å². The van der Waals surface area contributed by atoms with E-state index in [0.717, 1.165) is 12.8 Å². The van der Waals surface area contributed by atoms with Crippen molar-refractivity contribution in [2.45, 2.75) is 58.2 Å². The van der Waals surface area contributed by atoms with Gasteiger partial charge in [0.25, 0.3) is 0 Å². The zero-order valence-corrected chi connectivity index (χ0v) is 10.1. The Labute approximate surface area is 91.8 Å². The number of hydrogen-bond acceptors (Lipinski definition) is 3. The van der Waals surface area contributed by atoms with Crippen molar-refractivity contribution in [1.29, 1.82) is 0 Å². The summed E-state index contributed by atoms with van der Waals surface area (Å²) in [6, 6.07) is 0.405. The van der Waals surface area contributed by atoms with Crippen LogP contribution in [-0.4, -0.2) is 35.2 Å². The minimum Gasteiger partial charge on any atom is -0.444 e. The summed E-state index contributed by atoms with van der Waals surface area (Å²) >= 11 is 0. The van der Waals surface area contributed by atoms with Crippen LogP contribution in [0.2, 0.25) is 0 Å². The Hall–Kier alpha value is -0.770. The van der Waals surface area contributed by atoms with Gasteiger partial charge in [0.15, 0.2) is 0 Å². The standard InChI is InChI=1S/C11H22N2O2/c1-8-7-9(12)5-6-13(8)10(14)15-11(2,3)4/h8-9H,5-7,12H2,1-4H3/t8-,9-/m1/s1. The lowest BCUT2D eigenvalue weighted by Gasteiger charge is -2.37. The molecule has 0 spiro atoms. The van der Waals surface area contributed by atoms with Gasteiger partial charge in [-0.05, 0) is 40.5 Å². The number of ether oxygens (including phenoxy) is 1. The van der Waals surface area contributed by atoms with Gasteiger partial charge in [-0.1, -0.05) is 0 Å². The van der Waals surface area contributed by atoms with Crippen LogP contribution in [0.15, 0.2) is 0 Å². The molecule has 1 heterocycles. The molecule has 2 atom stereocenters. The maximum absolute atomic E-state index is 11.8. The van der Waals surface area contributed by atoms with Gasteiger partial charge in [-0.25, -0.2) is 4.79 Å². The molecule has 0 radical (unpaired) electrons. The number of carbonyl (C=O) groups is 1. The first-order valence-electron chi connectivity index (χ1n) is 5.55. The summed E-state index contributed by atoms with van der Waals surface area (Å²) in [4.78, 5) is 13.6. The van der Waals surface area contributed by atoms with Crippen LogP contribution in [0.4, 0.5) is 4.79 Å². The number of amides is 1. The van der Waals surface area contributed by atoms with Gasteiger partial charge in [0, 0.05) is 18.6 Å². The van der Waals surface area contributed by atoms with E-state index in [0.29, 0.717) is 6.54 Å². The van der Waals surface area contributed by atoms with Crippen molar-refractivity contribution in [2.24, 2.45) is 5.73 Å². The molecule has 1 saturated heterocycles. The molecule has 88 valence electrons. The summed E-state index contributed by atoms with van der Waals surface area (Å²) in [5.41, 5.74) is 5.42. The van der Waals surface area contributed by atoms with E-state index in [4.69, 9.17) is 10.5 Å². The fraction of sp³-hybridized carbons (Fsp3) is 0.909. The molecule has 0 unspecified atom stereocenters. The molecule has 2 N–H and O–H groups in total. The normalized spacial score (nSPS) is 27.7. The van der Waals surface area contributed by atoms with E-state index in [-0.39, 0.29) is 18.2 Å². The summed E-state index contributed by atoms with van der Waals surface area (Å²) in [6.07, 6.45) is 1.50. The summed E-state index contributed by atoms with van der Waals surface area (Å²) < 4.78 is 5.33. The number of rotatable bonds is 0. The predicted molar refractivity (Wildman–Crippen MR) is 59.6 cm³/mol. The molecule has 15 heavy (non-hydrogen) atoms. The van der Waals surface area contributed by atoms with Crippen LogP contribution in [0.1, 0.15) is 40.5 Å². The Morgan fingerprint density at radius 3 is 2.53 bits per heavy atom. The Balaban J connectivity index is 2.53. The van der Waals surface area contributed by atoms with Crippen LogP contribution in [0.3, 0.4) is 0 Å². The molecule has 1 rings (SSSR count). The molecular weight excluding hydrogens is 192 g/mol. The van der Waals surface area contributed by atoms with E-state index in [1.54, 1.807) is 4.90 Å².